The van der Waals surface area contributed by atoms with E-state index in [-0.39, 0.29) is 17.4 Å². The summed E-state index contributed by atoms with van der Waals surface area (Å²) in [6, 6.07) is 8.76. The summed E-state index contributed by atoms with van der Waals surface area (Å²) in [5, 5.41) is 0. The molecule has 3 aromatic rings. The zero-order valence-corrected chi connectivity index (χ0v) is 17.5. The standard InChI is InChI=1S/C23H27FN4O2/c1-16-14-17(5-7-19(16)24)6-8-21(29)27-12-9-18(10-13-27)15-28-22-20(4-3-11-25-22)26(2)23(28)30/h3-5,7,11,14,18H,6,8-10,12-13,15H2,1-2H3. The number of carbonyl (C=O) groups excluding carboxylic acids is 1. The lowest BCUT2D eigenvalue weighted by Crippen LogP contribution is -2.40. The molecule has 0 saturated carbocycles. The summed E-state index contributed by atoms with van der Waals surface area (Å²) in [6.07, 6.45) is 4.51. The highest BCUT2D eigenvalue weighted by molar-refractivity contribution is 5.76. The number of rotatable bonds is 5. The van der Waals surface area contributed by atoms with Crippen LogP contribution in [-0.2, 0) is 24.8 Å². The molecule has 2 aromatic heterocycles. The number of halogens is 1. The Balaban J connectivity index is 1.33. The minimum absolute atomic E-state index is 0.0446. The van der Waals surface area contributed by atoms with Crippen molar-refractivity contribution in [2.45, 2.75) is 39.2 Å². The van der Waals surface area contributed by atoms with Crippen molar-refractivity contribution >= 4 is 17.1 Å². The summed E-state index contributed by atoms with van der Waals surface area (Å²) in [7, 11) is 1.77. The lowest BCUT2D eigenvalue weighted by molar-refractivity contribution is -0.132. The first-order valence-corrected chi connectivity index (χ1v) is 10.5. The molecule has 3 heterocycles. The molecule has 0 N–H and O–H groups in total. The maximum absolute atomic E-state index is 13.4. The van der Waals surface area contributed by atoms with Gasteiger partial charge in [0.15, 0.2) is 5.65 Å². The van der Waals surface area contributed by atoms with E-state index in [0.29, 0.717) is 44.0 Å². The Bertz CT molecular complexity index is 1130. The molecule has 1 aliphatic heterocycles. The average molecular weight is 410 g/mol. The lowest BCUT2D eigenvalue weighted by Gasteiger charge is -2.32. The molecule has 0 unspecified atom stereocenters. The minimum Gasteiger partial charge on any atom is -0.343 e. The normalized spacial score (nSPS) is 15.1. The van der Waals surface area contributed by atoms with Crippen LogP contribution in [-0.4, -0.2) is 38.0 Å². The number of hydrogen-bond acceptors (Lipinski definition) is 3. The SMILES string of the molecule is Cc1cc(CCC(=O)N2CCC(Cn3c(=O)n(C)c4cccnc43)CC2)ccc1F. The van der Waals surface area contributed by atoms with Gasteiger partial charge in [-0.3, -0.25) is 13.9 Å². The lowest BCUT2D eigenvalue weighted by atomic mass is 9.96. The summed E-state index contributed by atoms with van der Waals surface area (Å²) in [6.45, 7) is 3.78. The van der Waals surface area contributed by atoms with Crippen molar-refractivity contribution in [2.24, 2.45) is 13.0 Å². The quantitative estimate of drug-likeness (QED) is 0.650. The van der Waals surface area contributed by atoms with Crippen molar-refractivity contribution in [2.75, 3.05) is 13.1 Å². The number of piperidine rings is 1. The van der Waals surface area contributed by atoms with Gasteiger partial charge in [-0.25, -0.2) is 14.2 Å². The molecule has 0 spiro atoms. The van der Waals surface area contributed by atoms with Crippen LogP contribution < -0.4 is 5.69 Å². The number of hydrogen-bond donors (Lipinski definition) is 0. The molecular weight excluding hydrogens is 383 g/mol. The van der Waals surface area contributed by atoms with Crippen molar-refractivity contribution in [3.05, 3.63) is 64.0 Å². The smallest absolute Gasteiger partial charge is 0.330 e. The number of fused-ring (bicyclic) bond motifs is 1. The molecule has 1 amide bonds. The van der Waals surface area contributed by atoms with E-state index in [9.17, 15) is 14.0 Å². The topological polar surface area (TPSA) is 60.1 Å². The van der Waals surface area contributed by atoms with E-state index < -0.39 is 0 Å². The van der Waals surface area contributed by atoms with Gasteiger partial charge in [0.05, 0.1) is 5.52 Å². The van der Waals surface area contributed by atoms with E-state index in [4.69, 9.17) is 0 Å². The minimum atomic E-state index is -0.215. The number of nitrogens with zero attached hydrogens (tertiary/aromatic N) is 4. The fraction of sp³-hybridized carbons (Fsp3) is 0.435. The molecular formula is C23H27FN4O2. The molecule has 1 aliphatic rings. The van der Waals surface area contributed by atoms with Crippen molar-refractivity contribution in [1.82, 2.24) is 19.0 Å². The third kappa shape index (κ3) is 4.01. The van der Waals surface area contributed by atoms with Gasteiger partial charge in [-0.15, -0.1) is 0 Å². The van der Waals surface area contributed by atoms with Crippen LogP contribution in [0.2, 0.25) is 0 Å². The molecule has 1 aromatic carbocycles. The first-order valence-electron chi connectivity index (χ1n) is 10.5. The molecule has 1 fully saturated rings. The third-order valence-electron chi connectivity index (χ3n) is 6.16. The van der Waals surface area contributed by atoms with Crippen LogP contribution in [0.1, 0.15) is 30.4 Å². The van der Waals surface area contributed by atoms with E-state index in [0.717, 1.165) is 29.6 Å². The molecule has 0 aliphatic carbocycles. The maximum atomic E-state index is 13.4. The van der Waals surface area contributed by atoms with Gasteiger partial charge < -0.3 is 4.90 Å². The second-order valence-corrected chi connectivity index (χ2v) is 8.21. The zero-order chi connectivity index (χ0) is 21.3. The Morgan fingerprint density at radius 3 is 2.73 bits per heavy atom. The van der Waals surface area contributed by atoms with Crippen LogP contribution in [0, 0.1) is 18.7 Å². The third-order valence-corrected chi connectivity index (χ3v) is 6.16. The second-order valence-electron chi connectivity index (χ2n) is 8.21. The van der Waals surface area contributed by atoms with Crippen LogP contribution in [0.4, 0.5) is 4.39 Å². The first-order chi connectivity index (χ1) is 14.4. The maximum Gasteiger partial charge on any atom is 0.330 e. The van der Waals surface area contributed by atoms with Crippen molar-refractivity contribution < 1.29 is 9.18 Å². The van der Waals surface area contributed by atoms with Gasteiger partial charge in [0.1, 0.15) is 5.82 Å². The van der Waals surface area contributed by atoms with Gasteiger partial charge in [0.2, 0.25) is 5.91 Å². The van der Waals surface area contributed by atoms with Crippen molar-refractivity contribution in [3.8, 4) is 0 Å². The van der Waals surface area contributed by atoms with Crippen LogP contribution in [0.15, 0.2) is 41.3 Å². The molecule has 158 valence electrons. The largest absolute Gasteiger partial charge is 0.343 e. The number of pyridine rings is 1. The molecule has 7 heteroatoms. The summed E-state index contributed by atoms with van der Waals surface area (Å²) >= 11 is 0. The van der Waals surface area contributed by atoms with E-state index >= 15 is 0 Å². The molecule has 0 atom stereocenters. The van der Waals surface area contributed by atoms with E-state index in [1.807, 2.05) is 23.1 Å². The van der Waals surface area contributed by atoms with Gasteiger partial charge in [0, 0.05) is 39.3 Å². The molecule has 1 saturated heterocycles. The fourth-order valence-electron chi connectivity index (χ4n) is 4.29. The number of amides is 1. The van der Waals surface area contributed by atoms with Gasteiger partial charge >= 0.3 is 5.69 Å². The fourth-order valence-corrected chi connectivity index (χ4v) is 4.29. The summed E-state index contributed by atoms with van der Waals surface area (Å²) < 4.78 is 16.8. The van der Waals surface area contributed by atoms with Crippen molar-refractivity contribution in [3.63, 3.8) is 0 Å². The van der Waals surface area contributed by atoms with E-state index in [1.54, 1.807) is 35.4 Å². The molecule has 30 heavy (non-hydrogen) atoms. The number of carbonyl (C=O) groups is 1. The van der Waals surface area contributed by atoms with E-state index in [2.05, 4.69) is 4.98 Å². The summed E-state index contributed by atoms with van der Waals surface area (Å²) in [5.41, 5.74) is 3.11. The summed E-state index contributed by atoms with van der Waals surface area (Å²) in [4.78, 5) is 31.5. The second kappa shape index (κ2) is 8.42. The molecule has 0 bridgehead atoms. The number of imidazole rings is 1. The number of benzene rings is 1. The Labute approximate surface area is 174 Å². The first kappa shape index (κ1) is 20.3. The number of aromatic nitrogens is 3. The monoisotopic (exact) mass is 410 g/mol. The van der Waals surface area contributed by atoms with Gasteiger partial charge in [-0.2, -0.15) is 0 Å². The molecule has 4 rings (SSSR count). The Kier molecular flexibility index (Phi) is 5.70. The number of likely N-dealkylation sites (tertiary alicyclic amines) is 1. The van der Waals surface area contributed by atoms with Crippen molar-refractivity contribution in [1.29, 1.82) is 0 Å². The average Bonchev–Trinajstić information content (AvgIpc) is 3.00. The van der Waals surface area contributed by atoms with Crippen LogP contribution in [0.3, 0.4) is 0 Å². The highest BCUT2D eigenvalue weighted by atomic mass is 19.1. The van der Waals surface area contributed by atoms with Crippen LogP contribution in [0.5, 0.6) is 0 Å². The van der Waals surface area contributed by atoms with Gasteiger partial charge in [-0.05, 0) is 61.4 Å². The number of aryl methyl sites for hydroxylation is 3. The van der Waals surface area contributed by atoms with Gasteiger partial charge in [0.25, 0.3) is 0 Å². The van der Waals surface area contributed by atoms with Crippen LogP contribution >= 0.6 is 0 Å². The zero-order valence-electron chi connectivity index (χ0n) is 17.5. The Morgan fingerprint density at radius 1 is 1.23 bits per heavy atom. The molecule has 0 radical (unpaired) electrons. The Hall–Kier alpha value is -2.96. The Morgan fingerprint density at radius 2 is 2.00 bits per heavy atom. The van der Waals surface area contributed by atoms with Crippen LogP contribution in [0.25, 0.3) is 11.2 Å². The predicted molar refractivity (Wildman–Crippen MR) is 114 cm³/mol. The van der Waals surface area contributed by atoms with E-state index in [1.165, 1.54) is 6.07 Å². The highest BCUT2D eigenvalue weighted by Crippen LogP contribution is 2.21. The summed E-state index contributed by atoms with van der Waals surface area (Å²) in [5.74, 6) is 0.270. The highest BCUT2D eigenvalue weighted by Gasteiger charge is 2.24. The predicted octanol–water partition coefficient (Wildman–Crippen LogP) is 3.05. The molecule has 6 nitrogen and oxygen atoms in total. The van der Waals surface area contributed by atoms with Gasteiger partial charge in [-0.1, -0.05) is 12.1 Å².